The fraction of sp³-hybridized carbons (Fsp3) is 0.435. The van der Waals surface area contributed by atoms with E-state index >= 15 is 0 Å². The molecule has 1 N–H and O–H groups in total. The molecule has 0 radical (unpaired) electrons. The summed E-state index contributed by atoms with van der Waals surface area (Å²) >= 11 is 0. The summed E-state index contributed by atoms with van der Waals surface area (Å²) in [6.07, 6.45) is 0.474. The van der Waals surface area contributed by atoms with Gasteiger partial charge < -0.3 is 14.8 Å². The van der Waals surface area contributed by atoms with Crippen LogP contribution in [0, 0.1) is 11.2 Å². The Morgan fingerprint density at radius 1 is 1.18 bits per heavy atom. The molecule has 150 valence electrons. The molecule has 28 heavy (non-hydrogen) atoms. The van der Waals surface area contributed by atoms with Gasteiger partial charge in [-0.1, -0.05) is 36.4 Å². The van der Waals surface area contributed by atoms with Crippen molar-refractivity contribution >= 4 is 5.97 Å². The Morgan fingerprint density at radius 3 is 2.61 bits per heavy atom. The van der Waals surface area contributed by atoms with E-state index in [-0.39, 0.29) is 23.7 Å². The van der Waals surface area contributed by atoms with Crippen molar-refractivity contribution in [2.24, 2.45) is 5.41 Å². The second-order valence-corrected chi connectivity index (χ2v) is 8.26. The zero-order valence-electron chi connectivity index (χ0n) is 16.7. The lowest BCUT2D eigenvalue weighted by Crippen LogP contribution is -2.43. The molecular formula is C23H28FNO3. The number of carbonyl (C=O) groups excluding carboxylic acids is 1. The highest BCUT2D eigenvalue weighted by atomic mass is 19.1. The van der Waals surface area contributed by atoms with Crippen molar-refractivity contribution in [1.82, 2.24) is 5.32 Å². The van der Waals surface area contributed by atoms with E-state index in [1.807, 2.05) is 57.2 Å². The molecule has 1 heterocycles. The zero-order chi connectivity index (χ0) is 20.1. The Bertz CT molecular complexity index is 801. The van der Waals surface area contributed by atoms with Crippen molar-refractivity contribution in [2.75, 3.05) is 13.1 Å². The van der Waals surface area contributed by atoms with Crippen LogP contribution in [0.2, 0.25) is 0 Å². The van der Waals surface area contributed by atoms with Gasteiger partial charge in [0, 0.05) is 12.5 Å². The van der Waals surface area contributed by atoms with Gasteiger partial charge in [-0.25, -0.2) is 4.39 Å². The van der Waals surface area contributed by atoms with Crippen LogP contribution in [0.5, 0.6) is 5.75 Å². The molecule has 0 aromatic heterocycles. The Hall–Kier alpha value is -2.40. The van der Waals surface area contributed by atoms with Crippen molar-refractivity contribution in [1.29, 1.82) is 0 Å². The van der Waals surface area contributed by atoms with Crippen LogP contribution in [0.15, 0.2) is 48.5 Å². The average Bonchev–Trinajstić information content (AvgIpc) is 2.67. The topological polar surface area (TPSA) is 47.6 Å². The van der Waals surface area contributed by atoms with Gasteiger partial charge in [0.1, 0.15) is 12.7 Å². The van der Waals surface area contributed by atoms with Crippen molar-refractivity contribution in [3.63, 3.8) is 0 Å². The number of halogens is 1. The lowest BCUT2D eigenvalue weighted by molar-refractivity contribution is -0.160. The maximum Gasteiger partial charge on any atom is 0.311 e. The van der Waals surface area contributed by atoms with Crippen LogP contribution >= 0.6 is 0 Å². The first kappa shape index (κ1) is 20.3. The Balaban J connectivity index is 1.71. The Kier molecular flexibility index (Phi) is 6.35. The van der Waals surface area contributed by atoms with Crippen LogP contribution < -0.4 is 10.1 Å². The van der Waals surface area contributed by atoms with Gasteiger partial charge in [0.25, 0.3) is 0 Å². The van der Waals surface area contributed by atoms with Gasteiger partial charge in [-0.2, -0.15) is 0 Å². The van der Waals surface area contributed by atoms with Gasteiger partial charge in [-0.15, -0.1) is 0 Å². The van der Waals surface area contributed by atoms with E-state index in [1.165, 1.54) is 6.07 Å². The van der Waals surface area contributed by atoms with E-state index < -0.39 is 11.2 Å². The number of piperidine rings is 1. The van der Waals surface area contributed by atoms with Crippen LogP contribution in [-0.4, -0.2) is 25.2 Å². The van der Waals surface area contributed by atoms with Crippen LogP contribution in [0.4, 0.5) is 4.39 Å². The van der Waals surface area contributed by atoms with Crippen LogP contribution in [0.25, 0.3) is 0 Å². The number of benzene rings is 2. The molecule has 0 amide bonds. The lowest BCUT2D eigenvalue weighted by Gasteiger charge is -2.34. The van der Waals surface area contributed by atoms with Crippen molar-refractivity contribution in [3.05, 3.63) is 65.5 Å². The molecule has 1 aliphatic heterocycles. The summed E-state index contributed by atoms with van der Waals surface area (Å²) in [6.45, 7) is 7.19. The summed E-state index contributed by atoms with van der Waals surface area (Å²) < 4.78 is 26.0. The maximum absolute atomic E-state index is 14.6. The summed E-state index contributed by atoms with van der Waals surface area (Å²) in [5.41, 5.74) is 1.25. The molecule has 0 bridgehead atoms. The number of rotatable bonds is 5. The first-order valence-corrected chi connectivity index (χ1v) is 9.72. The average molecular weight is 385 g/mol. The van der Waals surface area contributed by atoms with Crippen molar-refractivity contribution in [2.45, 2.75) is 45.8 Å². The normalized spacial score (nSPS) is 19.9. The molecule has 5 heteroatoms. The Morgan fingerprint density at radius 2 is 1.93 bits per heavy atom. The van der Waals surface area contributed by atoms with E-state index in [9.17, 15) is 9.18 Å². The van der Waals surface area contributed by atoms with Crippen LogP contribution in [0.1, 0.15) is 44.2 Å². The molecule has 1 fully saturated rings. The molecule has 2 aromatic rings. The maximum atomic E-state index is 14.6. The molecule has 1 saturated heterocycles. The molecule has 0 unspecified atom stereocenters. The predicted molar refractivity (Wildman–Crippen MR) is 107 cm³/mol. The van der Waals surface area contributed by atoms with Crippen LogP contribution in [0.3, 0.4) is 0 Å². The van der Waals surface area contributed by atoms with Crippen molar-refractivity contribution < 1.29 is 18.7 Å². The highest BCUT2D eigenvalue weighted by molar-refractivity contribution is 5.75. The first-order valence-electron chi connectivity index (χ1n) is 9.72. The van der Waals surface area contributed by atoms with Gasteiger partial charge >= 0.3 is 5.97 Å². The minimum absolute atomic E-state index is 0.0368. The number of esters is 1. The molecule has 0 spiro atoms. The largest absolute Gasteiger partial charge is 0.486 e. The van der Waals surface area contributed by atoms with Gasteiger partial charge in [0.15, 0.2) is 11.6 Å². The van der Waals surface area contributed by atoms with E-state index in [0.717, 1.165) is 24.1 Å². The first-order chi connectivity index (χ1) is 13.3. The number of hydrogen-bond donors (Lipinski definition) is 1. The number of ether oxygens (including phenoxy) is 2. The predicted octanol–water partition coefficient (Wildman–Crippen LogP) is 4.44. The van der Waals surface area contributed by atoms with E-state index in [2.05, 4.69) is 5.32 Å². The second-order valence-electron chi connectivity index (χ2n) is 8.26. The molecule has 0 aliphatic carbocycles. The van der Waals surface area contributed by atoms with Gasteiger partial charge in [-0.05, 0) is 57.0 Å². The number of hydrogen-bond acceptors (Lipinski definition) is 4. The smallest absolute Gasteiger partial charge is 0.311 e. The fourth-order valence-corrected chi connectivity index (χ4v) is 3.25. The van der Waals surface area contributed by atoms with E-state index in [0.29, 0.717) is 13.2 Å². The quantitative estimate of drug-likeness (QED) is 0.773. The molecule has 3 rings (SSSR count). The van der Waals surface area contributed by atoms with E-state index in [4.69, 9.17) is 9.47 Å². The fourth-order valence-electron chi connectivity index (χ4n) is 3.25. The molecule has 0 saturated carbocycles. The zero-order valence-corrected chi connectivity index (χ0v) is 16.7. The number of carbonyl (C=O) groups is 1. The molecule has 1 aliphatic rings. The van der Waals surface area contributed by atoms with Gasteiger partial charge in [0.05, 0.1) is 5.41 Å². The van der Waals surface area contributed by atoms with Crippen LogP contribution in [-0.2, 0) is 16.1 Å². The summed E-state index contributed by atoms with van der Waals surface area (Å²) in [5.74, 6) is -0.447. The molecule has 2 aromatic carbocycles. The highest BCUT2D eigenvalue weighted by Crippen LogP contribution is 2.32. The van der Waals surface area contributed by atoms with Gasteiger partial charge in [-0.3, -0.25) is 4.79 Å². The summed E-state index contributed by atoms with van der Waals surface area (Å²) in [5, 5.41) is 3.26. The third kappa shape index (κ3) is 5.10. The third-order valence-corrected chi connectivity index (χ3v) is 4.92. The summed E-state index contributed by atoms with van der Waals surface area (Å²) in [6, 6.07) is 14.7. The van der Waals surface area contributed by atoms with E-state index in [1.54, 1.807) is 6.07 Å². The standard InChI is InChI=1S/C23H28FNO3/c1-23(2,3)22(26)28-21-14-25-12-11-18(21)17-9-10-20(19(24)13-17)27-15-16-7-5-4-6-8-16/h4-10,13,18,21,25H,11-12,14-15H2,1-3H3/t18-,21+/m1/s1. The summed E-state index contributed by atoms with van der Waals surface area (Å²) in [7, 11) is 0. The Labute approximate surface area is 166 Å². The minimum Gasteiger partial charge on any atom is -0.486 e. The SMILES string of the molecule is CC(C)(C)C(=O)O[C@H]1CNCC[C@@H]1c1ccc(OCc2ccccc2)c(F)c1. The monoisotopic (exact) mass is 385 g/mol. The minimum atomic E-state index is -0.567. The molecule has 2 atom stereocenters. The summed E-state index contributed by atoms with van der Waals surface area (Å²) in [4.78, 5) is 12.3. The number of nitrogens with one attached hydrogen (secondary N) is 1. The third-order valence-electron chi connectivity index (χ3n) is 4.92. The second kappa shape index (κ2) is 8.74. The van der Waals surface area contributed by atoms with Crippen molar-refractivity contribution in [3.8, 4) is 5.75 Å². The molecular weight excluding hydrogens is 357 g/mol. The molecule has 4 nitrogen and oxygen atoms in total. The highest BCUT2D eigenvalue weighted by Gasteiger charge is 2.33. The lowest BCUT2D eigenvalue weighted by atomic mass is 9.87. The van der Waals surface area contributed by atoms with Gasteiger partial charge in [0.2, 0.25) is 0 Å².